The summed E-state index contributed by atoms with van der Waals surface area (Å²) in [5.74, 6) is -0.186. The second kappa shape index (κ2) is 10.2. The van der Waals surface area contributed by atoms with Gasteiger partial charge in [-0.15, -0.1) is 0 Å². The Morgan fingerprint density at radius 1 is 0.909 bits per heavy atom. The zero-order chi connectivity index (χ0) is 23.4. The first-order valence-electron chi connectivity index (χ1n) is 11.3. The molecule has 4 rings (SSSR count). The lowest BCUT2D eigenvalue weighted by Crippen LogP contribution is -2.40. The number of morpholine rings is 2. The predicted octanol–water partition coefficient (Wildman–Crippen LogP) is 2.34. The standard InChI is InChI=1S/C24H31N3O5S/c1-18-3-4-20(15-19(18)2)16-24(28)25-22-17-21(33(29,30)27-9-13-32-14-10-27)5-6-23(22)26-7-11-31-12-8-26/h3-6,15,17H,7-14,16H2,1-2H3,(H,25,28). The molecule has 0 bridgehead atoms. The van der Waals surface area contributed by atoms with Gasteiger partial charge in [0.05, 0.1) is 49.1 Å². The molecule has 0 atom stereocenters. The van der Waals surface area contributed by atoms with Crippen molar-refractivity contribution in [3.05, 3.63) is 53.1 Å². The van der Waals surface area contributed by atoms with Gasteiger partial charge in [0.15, 0.2) is 0 Å². The number of carbonyl (C=O) groups is 1. The van der Waals surface area contributed by atoms with Crippen molar-refractivity contribution < 1.29 is 22.7 Å². The summed E-state index contributed by atoms with van der Waals surface area (Å²) in [6, 6.07) is 10.9. The molecular formula is C24H31N3O5S. The second-order valence-corrected chi connectivity index (χ2v) is 10.4. The van der Waals surface area contributed by atoms with Gasteiger partial charge < -0.3 is 19.7 Å². The molecule has 0 radical (unpaired) electrons. The number of sulfonamides is 1. The molecule has 2 saturated heterocycles. The molecule has 2 fully saturated rings. The van der Waals surface area contributed by atoms with E-state index in [-0.39, 0.29) is 17.2 Å². The first-order chi connectivity index (χ1) is 15.8. The monoisotopic (exact) mass is 473 g/mol. The van der Waals surface area contributed by atoms with E-state index >= 15 is 0 Å². The van der Waals surface area contributed by atoms with E-state index in [4.69, 9.17) is 9.47 Å². The van der Waals surface area contributed by atoms with Crippen molar-refractivity contribution in [3.63, 3.8) is 0 Å². The van der Waals surface area contributed by atoms with Gasteiger partial charge in [0, 0.05) is 26.2 Å². The Kier molecular flexibility index (Phi) is 7.33. The molecule has 8 nitrogen and oxygen atoms in total. The Morgan fingerprint density at radius 3 is 2.24 bits per heavy atom. The number of nitrogens with zero attached hydrogens (tertiary/aromatic N) is 2. The third-order valence-corrected chi connectivity index (χ3v) is 8.03. The van der Waals surface area contributed by atoms with Crippen LogP contribution in [-0.4, -0.2) is 71.2 Å². The van der Waals surface area contributed by atoms with Crippen molar-refractivity contribution in [1.82, 2.24) is 4.31 Å². The van der Waals surface area contributed by atoms with Crippen LogP contribution in [-0.2, 0) is 30.7 Å². The fraction of sp³-hybridized carbons (Fsp3) is 0.458. The van der Waals surface area contributed by atoms with E-state index in [1.807, 2.05) is 32.0 Å². The zero-order valence-electron chi connectivity index (χ0n) is 19.2. The van der Waals surface area contributed by atoms with Crippen LogP contribution in [0.2, 0.25) is 0 Å². The maximum absolute atomic E-state index is 13.2. The minimum absolute atomic E-state index is 0.169. The van der Waals surface area contributed by atoms with Gasteiger partial charge in [-0.25, -0.2) is 8.42 Å². The maximum Gasteiger partial charge on any atom is 0.243 e. The topological polar surface area (TPSA) is 88.2 Å². The van der Waals surface area contributed by atoms with Crippen molar-refractivity contribution in [1.29, 1.82) is 0 Å². The Hall–Kier alpha value is -2.46. The van der Waals surface area contributed by atoms with E-state index in [9.17, 15) is 13.2 Å². The lowest BCUT2D eigenvalue weighted by Gasteiger charge is -2.31. The van der Waals surface area contributed by atoms with E-state index < -0.39 is 10.0 Å². The van der Waals surface area contributed by atoms with Gasteiger partial charge in [-0.05, 0) is 48.7 Å². The molecule has 2 aromatic carbocycles. The number of carbonyl (C=O) groups excluding carboxylic acids is 1. The van der Waals surface area contributed by atoms with Crippen molar-refractivity contribution in [2.24, 2.45) is 0 Å². The molecule has 2 aromatic rings. The van der Waals surface area contributed by atoms with E-state index in [2.05, 4.69) is 10.2 Å². The highest BCUT2D eigenvalue weighted by molar-refractivity contribution is 7.89. The number of nitrogens with one attached hydrogen (secondary N) is 1. The van der Waals surface area contributed by atoms with E-state index in [1.165, 1.54) is 9.87 Å². The number of amides is 1. The number of benzene rings is 2. The summed E-state index contributed by atoms with van der Waals surface area (Å²) in [5.41, 5.74) is 4.52. The van der Waals surface area contributed by atoms with Gasteiger partial charge in [0.25, 0.3) is 0 Å². The lowest BCUT2D eigenvalue weighted by molar-refractivity contribution is -0.115. The highest BCUT2D eigenvalue weighted by atomic mass is 32.2. The molecule has 1 amide bonds. The Morgan fingerprint density at radius 2 is 1.58 bits per heavy atom. The first kappa shape index (κ1) is 23.7. The van der Waals surface area contributed by atoms with Crippen molar-refractivity contribution >= 4 is 27.3 Å². The fourth-order valence-corrected chi connectivity index (χ4v) is 5.52. The summed E-state index contributed by atoms with van der Waals surface area (Å²) in [4.78, 5) is 15.2. The van der Waals surface area contributed by atoms with Crippen LogP contribution in [0.4, 0.5) is 11.4 Å². The van der Waals surface area contributed by atoms with Crippen LogP contribution in [0.3, 0.4) is 0 Å². The minimum Gasteiger partial charge on any atom is -0.379 e. The first-order valence-corrected chi connectivity index (χ1v) is 12.7. The molecule has 0 aromatic heterocycles. The highest BCUT2D eigenvalue weighted by Crippen LogP contribution is 2.31. The summed E-state index contributed by atoms with van der Waals surface area (Å²) < 4.78 is 38.6. The summed E-state index contributed by atoms with van der Waals surface area (Å²) in [6.45, 7) is 7.99. The van der Waals surface area contributed by atoms with Crippen molar-refractivity contribution in [3.8, 4) is 0 Å². The number of hydrogen-bond donors (Lipinski definition) is 1. The van der Waals surface area contributed by atoms with Crippen LogP contribution >= 0.6 is 0 Å². The average Bonchev–Trinajstić information content (AvgIpc) is 2.82. The number of ether oxygens (including phenoxy) is 2. The number of anilines is 2. The molecule has 0 spiro atoms. The fourth-order valence-electron chi connectivity index (χ4n) is 4.09. The van der Waals surface area contributed by atoms with Gasteiger partial charge >= 0.3 is 0 Å². The lowest BCUT2D eigenvalue weighted by atomic mass is 10.0. The summed E-state index contributed by atoms with van der Waals surface area (Å²) in [6.07, 6.45) is 0.212. The molecule has 2 aliphatic heterocycles. The number of hydrogen-bond acceptors (Lipinski definition) is 6. The minimum atomic E-state index is -3.68. The van der Waals surface area contributed by atoms with Gasteiger partial charge in [-0.2, -0.15) is 4.31 Å². The normalized spacial score (nSPS) is 17.7. The van der Waals surface area contributed by atoms with E-state index in [0.29, 0.717) is 58.3 Å². The number of aryl methyl sites for hydroxylation is 2. The molecule has 0 unspecified atom stereocenters. The third kappa shape index (κ3) is 5.55. The smallest absolute Gasteiger partial charge is 0.243 e. The molecule has 0 saturated carbocycles. The van der Waals surface area contributed by atoms with Gasteiger partial charge in [0.1, 0.15) is 0 Å². The zero-order valence-corrected chi connectivity index (χ0v) is 20.0. The average molecular weight is 474 g/mol. The van der Waals surface area contributed by atoms with E-state index in [1.54, 1.807) is 18.2 Å². The van der Waals surface area contributed by atoms with Crippen LogP contribution in [0.15, 0.2) is 41.3 Å². The van der Waals surface area contributed by atoms with Gasteiger partial charge in [-0.1, -0.05) is 18.2 Å². The predicted molar refractivity (Wildman–Crippen MR) is 127 cm³/mol. The summed E-state index contributed by atoms with van der Waals surface area (Å²) >= 11 is 0. The van der Waals surface area contributed by atoms with Crippen LogP contribution in [0.5, 0.6) is 0 Å². The van der Waals surface area contributed by atoms with Gasteiger partial charge in [0.2, 0.25) is 15.9 Å². The Balaban J connectivity index is 1.61. The van der Waals surface area contributed by atoms with Crippen LogP contribution in [0.25, 0.3) is 0 Å². The Bertz CT molecular complexity index is 1110. The molecule has 2 aliphatic rings. The van der Waals surface area contributed by atoms with Crippen LogP contribution in [0.1, 0.15) is 16.7 Å². The van der Waals surface area contributed by atoms with Crippen LogP contribution in [0, 0.1) is 13.8 Å². The summed E-state index contributed by atoms with van der Waals surface area (Å²) in [7, 11) is -3.68. The van der Waals surface area contributed by atoms with Crippen molar-refractivity contribution in [2.75, 3.05) is 62.8 Å². The Labute approximate surface area is 195 Å². The number of rotatable bonds is 6. The quantitative estimate of drug-likeness (QED) is 0.693. The van der Waals surface area contributed by atoms with E-state index in [0.717, 1.165) is 16.8 Å². The molecular weight excluding hydrogens is 442 g/mol. The van der Waals surface area contributed by atoms with Gasteiger partial charge in [-0.3, -0.25) is 4.79 Å². The SMILES string of the molecule is Cc1ccc(CC(=O)Nc2cc(S(=O)(=O)N3CCOCC3)ccc2N2CCOCC2)cc1C. The molecule has 2 heterocycles. The molecule has 178 valence electrons. The molecule has 33 heavy (non-hydrogen) atoms. The van der Waals surface area contributed by atoms with Crippen molar-refractivity contribution in [2.45, 2.75) is 25.2 Å². The molecule has 9 heteroatoms. The summed E-state index contributed by atoms with van der Waals surface area (Å²) in [5, 5.41) is 2.98. The molecule has 1 N–H and O–H groups in total. The third-order valence-electron chi connectivity index (χ3n) is 6.14. The maximum atomic E-state index is 13.2. The molecule has 0 aliphatic carbocycles. The highest BCUT2D eigenvalue weighted by Gasteiger charge is 2.28. The van der Waals surface area contributed by atoms with Crippen LogP contribution < -0.4 is 10.2 Å². The largest absolute Gasteiger partial charge is 0.379 e. The second-order valence-electron chi connectivity index (χ2n) is 8.44.